The van der Waals surface area contributed by atoms with E-state index in [0.29, 0.717) is 30.0 Å². The number of alkyl halides is 3. The number of piperidine rings is 1. The molecule has 3 aromatic heterocycles. The molecule has 1 atom stereocenters. The monoisotopic (exact) mass is 448 g/mol. The number of carbonyl (C=O) groups excluding carboxylic acids is 1. The minimum atomic E-state index is -4.61. The third-order valence-electron chi connectivity index (χ3n) is 5.17. The Bertz CT molecular complexity index is 1160. The molecule has 0 bridgehead atoms. The number of halogens is 3. The predicted molar refractivity (Wildman–Crippen MR) is 110 cm³/mol. The normalized spacial score (nSPS) is 17.0. The second kappa shape index (κ2) is 8.26. The zero-order valence-corrected chi connectivity index (χ0v) is 17.4. The van der Waals surface area contributed by atoms with Crippen LogP contribution in [0.15, 0.2) is 40.5 Å². The number of aromatic nitrogens is 3. The summed E-state index contributed by atoms with van der Waals surface area (Å²) in [5, 5.41) is 1.77. The van der Waals surface area contributed by atoms with Crippen molar-refractivity contribution >= 4 is 17.2 Å². The van der Waals surface area contributed by atoms with Crippen molar-refractivity contribution in [1.82, 2.24) is 19.9 Å². The lowest BCUT2D eigenvalue weighted by molar-refractivity contribution is -0.141. The highest BCUT2D eigenvalue weighted by atomic mass is 32.1. The van der Waals surface area contributed by atoms with E-state index >= 15 is 0 Å². The van der Waals surface area contributed by atoms with E-state index in [-0.39, 0.29) is 23.6 Å². The Balaban J connectivity index is 1.65. The van der Waals surface area contributed by atoms with E-state index in [4.69, 9.17) is 0 Å². The average Bonchev–Trinajstić information content (AvgIpc) is 3.27. The van der Waals surface area contributed by atoms with E-state index < -0.39 is 29.3 Å². The van der Waals surface area contributed by atoms with Crippen LogP contribution in [-0.4, -0.2) is 38.8 Å². The average molecular weight is 448 g/mol. The van der Waals surface area contributed by atoms with E-state index in [1.807, 2.05) is 0 Å². The molecule has 10 heteroatoms. The fourth-order valence-electron chi connectivity index (χ4n) is 3.63. The Morgan fingerprint density at radius 1 is 1.26 bits per heavy atom. The highest BCUT2D eigenvalue weighted by Gasteiger charge is 2.36. The minimum absolute atomic E-state index is 0.00971. The van der Waals surface area contributed by atoms with Crippen LogP contribution in [0.3, 0.4) is 0 Å². The van der Waals surface area contributed by atoms with Crippen LogP contribution >= 0.6 is 11.3 Å². The van der Waals surface area contributed by atoms with Crippen LogP contribution in [0.4, 0.5) is 13.2 Å². The molecule has 4 rings (SSSR count). The molecule has 1 fully saturated rings. The number of aryl methyl sites for hydroxylation is 1. The molecule has 3 aromatic rings. The third kappa shape index (κ3) is 4.53. The maximum atomic E-state index is 13.5. The number of thiophene rings is 1. The standard InChI is InChI=1S/C21H19F3N4O2S/c1-12-6-7-14(19(29)25-12)20(30)28-8-2-4-13(11-28)18-26-15(16-5-3-9-31-16)10-17(27-18)21(22,23)24/h3,5-7,9-10,13H,2,4,8,11H2,1H3,(H,25,29)/t13-/m1/s1. The summed E-state index contributed by atoms with van der Waals surface area (Å²) < 4.78 is 40.4. The first-order chi connectivity index (χ1) is 14.7. The van der Waals surface area contributed by atoms with Crippen molar-refractivity contribution in [2.75, 3.05) is 13.1 Å². The van der Waals surface area contributed by atoms with E-state index in [2.05, 4.69) is 15.0 Å². The van der Waals surface area contributed by atoms with Crippen LogP contribution in [0.2, 0.25) is 0 Å². The third-order valence-corrected chi connectivity index (χ3v) is 6.06. The topological polar surface area (TPSA) is 79.0 Å². The second-order valence-corrected chi connectivity index (χ2v) is 8.39. The number of rotatable bonds is 3. The van der Waals surface area contributed by atoms with Gasteiger partial charge in [0.2, 0.25) is 0 Å². The van der Waals surface area contributed by atoms with E-state index in [1.54, 1.807) is 30.5 Å². The number of aromatic amines is 1. The summed E-state index contributed by atoms with van der Waals surface area (Å²) in [4.78, 5) is 37.9. The number of pyridine rings is 1. The SMILES string of the molecule is Cc1ccc(C(=O)N2CCC[C@@H](c3nc(-c4cccs4)cc(C(F)(F)F)n3)C2)c(=O)[nH]1. The number of nitrogens with one attached hydrogen (secondary N) is 1. The molecule has 0 radical (unpaired) electrons. The van der Waals surface area contributed by atoms with Crippen molar-refractivity contribution in [3.8, 4) is 10.6 Å². The molecule has 1 aliphatic rings. The summed E-state index contributed by atoms with van der Waals surface area (Å²) >= 11 is 1.30. The van der Waals surface area contributed by atoms with Gasteiger partial charge in [0.05, 0.1) is 10.6 Å². The fourth-order valence-corrected chi connectivity index (χ4v) is 4.31. The molecule has 1 saturated heterocycles. The van der Waals surface area contributed by atoms with Gasteiger partial charge in [-0.3, -0.25) is 9.59 Å². The summed E-state index contributed by atoms with van der Waals surface area (Å²) in [5.74, 6) is -0.840. The van der Waals surface area contributed by atoms with Gasteiger partial charge in [0.1, 0.15) is 17.1 Å². The molecule has 0 saturated carbocycles. The van der Waals surface area contributed by atoms with Crippen LogP contribution in [0.25, 0.3) is 10.6 Å². The summed E-state index contributed by atoms with van der Waals surface area (Å²) in [6.07, 6.45) is -3.48. The van der Waals surface area contributed by atoms with Gasteiger partial charge in [-0.15, -0.1) is 11.3 Å². The molecular weight excluding hydrogens is 429 g/mol. The number of hydrogen-bond acceptors (Lipinski definition) is 5. The Kier molecular flexibility index (Phi) is 5.65. The van der Waals surface area contributed by atoms with Gasteiger partial charge in [0, 0.05) is 24.7 Å². The molecule has 0 aliphatic carbocycles. The first kappa shape index (κ1) is 21.2. The zero-order chi connectivity index (χ0) is 22.2. The first-order valence-electron chi connectivity index (χ1n) is 9.71. The molecule has 0 spiro atoms. The Morgan fingerprint density at radius 3 is 2.74 bits per heavy atom. The highest BCUT2D eigenvalue weighted by Crippen LogP contribution is 2.34. The first-order valence-corrected chi connectivity index (χ1v) is 10.6. The molecule has 31 heavy (non-hydrogen) atoms. The number of carbonyl (C=O) groups is 1. The largest absolute Gasteiger partial charge is 0.433 e. The van der Waals surface area contributed by atoms with E-state index in [9.17, 15) is 22.8 Å². The molecule has 0 unspecified atom stereocenters. The lowest BCUT2D eigenvalue weighted by atomic mass is 9.96. The van der Waals surface area contributed by atoms with Crippen LogP contribution < -0.4 is 5.56 Å². The van der Waals surface area contributed by atoms with Gasteiger partial charge in [-0.2, -0.15) is 13.2 Å². The maximum Gasteiger partial charge on any atom is 0.433 e. The number of hydrogen-bond donors (Lipinski definition) is 1. The van der Waals surface area contributed by atoms with Crippen molar-refractivity contribution in [3.05, 3.63) is 68.8 Å². The Hall–Kier alpha value is -3.01. The summed E-state index contributed by atoms with van der Waals surface area (Å²) in [5.41, 5.74) is -0.625. The van der Waals surface area contributed by atoms with Gasteiger partial charge in [0.15, 0.2) is 0 Å². The molecule has 1 amide bonds. The van der Waals surface area contributed by atoms with Gasteiger partial charge < -0.3 is 9.88 Å². The number of amides is 1. The van der Waals surface area contributed by atoms with Crippen molar-refractivity contribution in [3.63, 3.8) is 0 Å². The van der Waals surface area contributed by atoms with Gasteiger partial charge in [-0.1, -0.05) is 6.07 Å². The molecule has 6 nitrogen and oxygen atoms in total. The Morgan fingerprint density at radius 2 is 2.06 bits per heavy atom. The lowest BCUT2D eigenvalue weighted by Crippen LogP contribution is -2.41. The smallest absolute Gasteiger partial charge is 0.338 e. The summed E-state index contributed by atoms with van der Waals surface area (Å²) in [6, 6.07) is 7.51. The van der Waals surface area contributed by atoms with Crippen molar-refractivity contribution < 1.29 is 18.0 Å². The van der Waals surface area contributed by atoms with Gasteiger partial charge in [0.25, 0.3) is 11.5 Å². The lowest BCUT2D eigenvalue weighted by Gasteiger charge is -2.32. The number of H-pyrrole nitrogens is 1. The van der Waals surface area contributed by atoms with Gasteiger partial charge in [-0.25, -0.2) is 9.97 Å². The minimum Gasteiger partial charge on any atom is -0.338 e. The van der Waals surface area contributed by atoms with Crippen LogP contribution in [-0.2, 0) is 6.18 Å². The van der Waals surface area contributed by atoms with Crippen molar-refractivity contribution in [2.24, 2.45) is 0 Å². The molecule has 1 aliphatic heterocycles. The van der Waals surface area contributed by atoms with Gasteiger partial charge >= 0.3 is 6.18 Å². The fraction of sp³-hybridized carbons (Fsp3) is 0.333. The molecule has 162 valence electrons. The quantitative estimate of drug-likeness (QED) is 0.650. The van der Waals surface area contributed by atoms with Crippen molar-refractivity contribution in [2.45, 2.75) is 31.9 Å². The molecular formula is C21H19F3N4O2S. The number of likely N-dealkylation sites (tertiary alicyclic amines) is 1. The van der Waals surface area contributed by atoms with E-state index in [0.717, 1.165) is 6.07 Å². The highest BCUT2D eigenvalue weighted by molar-refractivity contribution is 7.13. The van der Waals surface area contributed by atoms with E-state index in [1.165, 1.54) is 22.3 Å². The van der Waals surface area contributed by atoms with Crippen LogP contribution in [0.5, 0.6) is 0 Å². The summed E-state index contributed by atoms with van der Waals surface area (Å²) in [6.45, 7) is 2.28. The predicted octanol–water partition coefficient (Wildman–Crippen LogP) is 4.24. The molecule has 4 heterocycles. The van der Waals surface area contributed by atoms with Crippen LogP contribution in [0.1, 0.15) is 46.3 Å². The van der Waals surface area contributed by atoms with Crippen molar-refractivity contribution in [1.29, 1.82) is 0 Å². The van der Waals surface area contributed by atoms with Crippen LogP contribution in [0, 0.1) is 6.92 Å². The second-order valence-electron chi connectivity index (χ2n) is 7.45. The van der Waals surface area contributed by atoms with Gasteiger partial charge in [-0.05, 0) is 49.4 Å². The number of nitrogens with zero attached hydrogens (tertiary/aromatic N) is 3. The zero-order valence-electron chi connectivity index (χ0n) is 16.6. The maximum absolute atomic E-state index is 13.5. The molecule has 0 aromatic carbocycles. The molecule has 1 N–H and O–H groups in total. The summed E-state index contributed by atoms with van der Waals surface area (Å²) in [7, 11) is 0. The Labute approximate surface area is 179 Å².